The maximum absolute atomic E-state index is 12.2. The second-order valence-electron chi connectivity index (χ2n) is 5.05. The van der Waals surface area contributed by atoms with E-state index in [1.165, 1.54) is 12.5 Å². The molecular weight excluding hydrogens is 240 g/mol. The van der Waals surface area contributed by atoms with Crippen LogP contribution in [-0.2, 0) is 9.59 Å². The van der Waals surface area contributed by atoms with Gasteiger partial charge < -0.3 is 5.32 Å². The molecule has 1 aromatic carbocycles. The topological polar surface area (TPSA) is 58.5 Å². The van der Waals surface area contributed by atoms with Crippen molar-refractivity contribution in [1.29, 1.82) is 0 Å². The summed E-state index contributed by atoms with van der Waals surface area (Å²) >= 11 is 0. The summed E-state index contributed by atoms with van der Waals surface area (Å²) in [6, 6.07) is 5.44. The zero-order valence-corrected chi connectivity index (χ0v) is 11.1. The van der Waals surface area contributed by atoms with Gasteiger partial charge in [-0.15, -0.1) is 0 Å². The van der Waals surface area contributed by atoms with E-state index in [0.717, 1.165) is 31.2 Å². The monoisotopic (exact) mass is 258 g/mol. The number of carbonyl (C=O) groups excluding carboxylic acids is 2. The smallest absolute Gasteiger partial charge is 0.240 e. The van der Waals surface area contributed by atoms with Gasteiger partial charge in [0, 0.05) is 5.92 Å². The van der Waals surface area contributed by atoms with Crippen LogP contribution in [0.5, 0.6) is 0 Å². The largest absolute Gasteiger partial charge is 0.324 e. The summed E-state index contributed by atoms with van der Waals surface area (Å²) in [4.78, 5) is 26.2. The Morgan fingerprint density at radius 3 is 2.74 bits per heavy atom. The van der Waals surface area contributed by atoms with Gasteiger partial charge in [-0.2, -0.15) is 4.99 Å². The highest BCUT2D eigenvalue weighted by Crippen LogP contribution is 2.29. The average Bonchev–Trinajstić information content (AvgIpc) is 2.43. The number of nitrogens with zero attached hydrogens (tertiary/aromatic N) is 1. The Hall–Kier alpha value is -1.93. The van der Waals surface area contributed by atoms with Gasteiger partial charge in [0.2, 0.25) is 12.0 Å². The summed E-state index contributed by atoms with van der Waals surface area (Å²) in [6.45, 7) is 1.91. The van der Waals surface area contributed by atoms with Gasteiger partial charge in [-0.1, -0.05) is 25.3 Å². The van der Waals surface area contributed by atoms with Crippen molar-refractivity contribution in [1.82, 2.24) is 0 Å². The average molecular weight is 258 g/mol. The van der Waals surface area contributed by atoms with E-state index >= 15 is 0 Å². The van der Waals surface area contributed by atoms with E-state index in [1.54, 1.807) is 12.1 Å². The van der Waals surface area contributed by atoms with E-state index in [0.29, 0.717) is 11.4 Å². The Kier molecular flexibility index (Phi) is 4.48. The number of hydrogen-bond donors (Lipinski definition) is 1. The first-order valence-electron chi connectivity index (χ1n) is 6.70. The number of carbonyl (C=O) groups is 1. The lowest BCUT2D eigenvalue weighted by molar-refractivity contribution is -0.120. The van der Waals surface area contributed by atoms with Gasteiger partial charge >= 0.3 is 0 Å². The Bertz CT molecular complexity index is 513. The van der Waals surface area contributed by atoms with Gasteiger partial charge in [-0.3, -0.25) is 4.79 Å². The molecule has 0 bridgehead atoms. The first-order valence-corrected chi connectivity index (χ1v) is 6.70. The van der Waals surface area contributed by atoms with Crippen LogP contribution in [0.3, 0.4) is 0 Å². The highest BCUT2D eigenvalue weighted by Gasteiger charge is 2.21. The maximum atomic E-state index is 12.2. The first kappa shape index (κ1) is 13.5. The molecule has 1 aliphatic rings. The molecule has 1 aromatic rings. The molecule has 0 saturated heterocycles. The lowest BCUT2D eigenvalue weighted by Gasteiger charge is -2.21. The fraction of sp³-hybridized carbons (Fsp3) is 0.467. The van der Waals surface area contributed by atoms with E-state index in [-0.39, 0.29) is 11.8 Å². The number of isocyanates is 1. The van der Waals surface area contributed by atoms with E-state index in [2.05, 4.69) is 10.3 Å². The van der Waals surface area contributed by atoms with Crippen molar-refractivity contribution in [3.05, 3.63) is 23.8 Å². The van der Waals surface area contributed by atoms with Crippen molar-refractivity contribution in [3.8, 4) is 0 Å². The number of amides is 1. The van der Waals surface area contributed by atoms with Gasteiger partial charge in [0.15, 0.2) is 0 Å². The normalized spacial score (nSPS) is 15.6. The summed E-state index contributed by atoms with van der Waals surface area (Å²) in [7, 11) is 0. The highest BCUT2D eigenvalue weighted by molar-refractivity contribution is 5.95. The van der Waals surface area contributed by atoms with Crippen LogP contribution in [-0.4, -0.2) is 12.0 Å². The standard InChI is InChI=1S/C15H18N2O2/c1-11-7-8-13(14(9-11)16-10-18)17-15(19)12-5-3-2-4-6-12/h7-9,12H,2-6H2,1H3,(H,17,19). The third-order valence-electron chi connectivity index (χ3n) is 3.55. The Labute approximate surface area is 112 Å². The van der Waals surface area contributed by atoms with Crippen LogP contribution in [0.2, 0.25) is 0 Å². The van der Waals surface area contributed by atoms with Crippen LogP contribution >= 0.6 is 0 Å². The number of rotatable bonds is 3. The quantitative estimate of drug-likeness (QED) is 0.666. The van der Waals surface area contributed by atoms with Crippen LogP contribution < -0.4 is 5.32 Å². The molecule has 0 aromatic heterocycles. The van der Waals surface area contributed by atoms with E-state index in [4.69, 9.17) is 0 Å². The minimum Gasteiger partial charge on any atom is -0.324 e. The van der Waals surface area contributed by atoms with Crippen molar-refractivity contribution in [2.75, 3.05) is 5.32 Å². The number of hydrogen-bond acceptors (Lipinski definition) is 3. The Morgan fingerprint density at radius 1 is 1.32 bits per heavy atom. The predicted molar refractivity (Wildman–Crippen MR) is 74.2 cm³/mol. The summed E-state index contributed by atoms with van der Waals surface area (Å²) < 4.78 is 0. The molecule has 0 atom stereocenters. The molecule has 2 rings (SSSR count). The Balaban J connectivity index is 2.13. The molecule has 0 spiro atoms. The zero-order valence-electron chi connectivity index (χ0n) is 11.1. The zero-order chi connectivity index (χ0) is 13.7. The molecule has 4 nitrogen and oxygen atoms in total. The van der Waals surface area contributed by atoms with Gasteiger partial charge in [-0.05, 0) is 37.5 Å². The SMILES string of the molecule is Cc1ccc(NC(=O)C2CCCCC2)c(N=C=O)c1. The lowest BCUT2D eigenvalue weighted by atomic mass is 9.88. The molecule has 1 saturated carbocycles. The number of aryl methyl sites for hydroxylation is 1. The molecule has 1 aliphatic carbocycles. The van der Waals surface area contributed by atoms with Crippen molar-refractivity contribution < 1.29 is 9.59 Å². The molecule has 1 fully saturated rings. The van der Waals surface area contributed by atoms with Crippen molar-refractivity contribution in [2.24, 2.45) is 10.9 Å². The molecule has 4 heteroatoms. The van der Waals surface area contributed by atoms with Crippen LogP contribution in [0.15, 0.2) is 23.2 Å². The van der Waals surface area contributed by atoms with Crippen molar-refractivity contribution in [3.63, 3.8) is 0 Å². The fourth-order valence-corrected chi connectivity index (χ4v) is 2.49. The third-order valence-corrected chi connectivity index (χ3v) is 3.55. The van der Waals surface area contributed by atoms with E-state index < -0.39 is 0 Å². The van der Waals surface area contributed by atoms with Gasteiger partial charge in [-0.25, -0.2) is 4.79 Å². The summed E-state index contributed by atoms with van der Waals surface area (Å²) in [5, 5.41) is 2.88. The molecule has 19 heavy (non-hydrogen) atoms. The molecule has 0 unspecified atom stereocenters. The van der Waals surface area contributed by atoms with Crippen LogP contribution in [0.1, 0.15) is 37.7 Å². The fourth-order valence-electron chi connectivity index (χ4n) is 2.49. The van der Waals surface area contributed by atoms with Crippen molar-refractivity contribution in [2.45, 2.75) is 39.0 Å². The minimum absolute atomic E-state index is 0.0332. The van der Waals surface area contributed by atoms with Gasteiger partial charge in [0.1, 0.15) is 5.69 Å². The Morgan fingerprint density at radius 2 is 2.05 bits per heavy atom. The maximum Gasteiger partial charge on any atom is 0.240 e. The molecule has 0 aliphatic heterocycles. The molecule has 1 amide bonds. The van der Waals surface area contributed by atoms with Gasteiger partial charge in [0.05, 0.1) is 5.69 Å². The van der Waals surface area contributed by atoms with E-state index in [9.17, 15) is 9.59 Å². The summed E-state index contributed by atoms with van der Waals surface area (Å²) in [6.07, 6.45) is 6.87. The molecular formula is C15H18N2O2. The van der Waals surface area contributed by atoms with Crippen LogP contribution in [0, 0.1) is 12.8 Å². The highest BCUT2D eigenvalue weighted by atomic mass is 16.1. The summed E-state index contributed by atoms with van der Waals surface area (Å²) in [5.74, 6) is 0.119. The molecule has 0 heterocycles. The molecule has 1 N–H and O–H groups in total. The van der Waals surface area contributed by atoms with Crippen molar-refractivity contribution >= 4 is 23.4 Å². The molecule has 100 valence electrons. The third kappa shape index (κ3) is 3.52. The van der Waals surface area contributed by atoms with Gasteiger partial charge in [0.25, 0.3) is 0 Å². The molecule has 0 radical (unpaired) electrons. The number of benzene rings is 1. The second kappa shape index (κ2) is 6.30. The number of anilines is 1. The minimum atomic E-state index is 0.0332. The second-order valence-corrected chi connectivity index (χ2v) is 5.05. The predicted octanol–water partition coefficient (Wildman–Crippen LogP) is 3.48. The van der Waals surface area contributed by atoms with Crippen LogP contribution in [0.4, 0.5) is 11.4 Å². The number of aliphatic imine (C=N–C) groups is 1. The van der Waals surface area contributed by atoms with E-state index in [1.807, 2.05) is 13.0 Å². The number of nitrogens with one attached hydrogen (secondary N) is 1. The lowest BCUT2D eigenvalue weighted by Crippen LogP contribution is -2.24. The first-order chi connectivity index (χ1) is 9.20. The van der Waals surface area contributed by atoms with Crippen LogP contribution in [0.25, 0.3) is 0 Å². The summed E-state index contributed by atoms with van der Waals surface area (Å²) in [5.41, 5.74) is 2.05.